The number of rotatable bonds is 10. The van der Waals surface area contributed by atoms with Gasteiger partial charge in [0.2, 0.25) is 0 Å². The summed E-state index contributed by atoms with van der Waals surface area (Å²) >= 11 is 2.97. The van der Waals surface area contributed by atoms with Crippen LogP contribution in [0, 0.1) is 0 Å². The Morgan fingerprint density at radius 1 is 0.964 bits per heavy atom. The number of hydrogen-bond acceptors (Lipinski definition) is 8. The van der Waals surface area contributed by atoms with Crippen molar-refractivity contribution in [1.29, 1.82) is 0 Å². The summed E-state index contributed by atoms with van der Waals surface area (Å²) in [4.78, 5) is 55.7. The van der Waals surface area contributed by atoms with Crippen molar-refractivity contribution in [3.63, 3.8) is 0 Å². The lowest BCUT2D eigenvalue weighted by atomic mass is 10.0. The minimum Gasteiger partial charge on any atom is -0.490 e. The average molecular weight is 833 g/mol. The number of morpholine rings is 1. The first-order valence-corrected chi connectivity index (χ1v) is 19.1. The Labute approximate surface area is 328 Å². The molecule has 0 bridgehead atoms. The molecule has 2 aromatic heterocycles. The van der Waals surface area contributed by atoms with E-state index in [9.17, 15) is 27.6 Å². The van der Waals surface area contributed by atoms with Gasteiger partial charge in [0.05, 0.1) is 48.8 Å². The molecule has 0 radical (unpaired) electrons. The number of hydrogen-bond donors (Lipinski definition) is 1. The summed E-state index contributed by atoms with van der Waals surface area (Å²) in [5.74, 6) is -0.127. The van der Waals surface area contributed by atoms with Crippen LogP contribution in [0.5, 0.6) is 5.75 Å². The molecule has 16 heteroatoms. The molecule has 3 aliphatic rings. The quantitative estimate of drug-likeness (QED) is 0.190. The van der Waals surface area contributed by atoms with E-state index < -0.39 is 35.3 Å². The van der Waals surface area contributed by atoms with Crippen molar-refractivity contribution in [2.75, 3.05) is 32.8 Å². The maximum atomic E-state index is 14.5. The number of imidazole rings is 1. The van der Waals surface area contributed by atoms with Crippen LogP contribution < -0.4 is 15.7 Å². The summed E-state index contributed by atoms with van der Waals surface area (Å²) < 4.78 is 56.1. The standard InChI is InChI=1S/C40H37BrF3N7O5/c41-33-13-6-25(20-32(33)40(42,43)44)38(53)49-24-34-35(37(52)47-21-26-4-1-2-5-31(26)36-45-14-3-15-46-36)51(27-7-9-29(10-8-27)56-30-11-12-30)39(54)50(34)23-28(49)22-48-16-18-55-19-17-48/h1-10,13-15,20,28,30H,11-12,16-19,21-24H2,(H,47,52)/t28-/m0/s1. The number of amides is 2. The van der Waals surface area contributed by atoms with Gasteiger partial charge < -0.3 is 19.7 Å². The van der Waals surface area contributed by atoms with E-state index in [0.717, 1.165) is 24.5 Å². The Morgan fingerprint density at radius 2 is 1.70 bits per heavy atom. The van der Waals surface area contributed by atoms with Crippen molar-refractivity contribution in [2.24, 2.45) is 0 Å². The van der Waals surface area contributed by atoms with Gasteiger partial charge in [-0.25, -0.2) is 14.8 Å². The van der Waals surface area contributed by atoms with Crippen molar-refractivity contribution in [3.05, 3.63) is 128 Å². The van der Waals surface area contributed by atoms with Gasteiger partial charge in [-0.15, -0.1) is 0 Å². The lowest BCUT2D eigenvalue weighted by Gasteiger charge is -2.40. The van der Waals surface area contributed by atoms with Gasteiger partial charge in [0, 0.05) is 60.7 Å². The maximum absolute atomic E-state index is 14.5. The van der Waals surface area contributed by atoms with Crippen LogP contribution >= 0.6 is 15.9 Å². The Balaban J connectivity index is 1.20. The SMILES string of the molecule is O=C(NCc1ccccc1-c1ncccn1)c1c2n(c(=O)n1-c1ccc(OC3CC3)cc1)C[C@H](CN1CCOCC1)N(C(=O)c1ccc(Br)c(C(F)(F)F)c1)C2. The van der Waals surface area contributed by atoms with Gasteiger partial charge in [-0.2, -0.15) is 13.2 Å². The fourth-order valence-electron chi connectivity index (χ4n) is 7.17. The molecule has 1 saturated carbocycles. The Bertz CT molecular complexity index is 2310. The number of nitrogens with one attached hydrogen (secondary N) is 1. The molecule has 5 aromatic rings. The number of benzene rings is 3. The molecule has 12 nitrogen and oxygen atoms in total. The van der Waals surface area contributed by atoms with Crippen LogP contribution in [-0.4, -0.2) is 85.7 Å². The van der Waals surface area contributed by atoms with Crippen LogP contribution in [0.25, 0.3) is 17.1 Å². The lowest BCUT2D eigenvalue weighted by Crippen LogP contribution is -2.54. The van der Waals surface area contributed by atoms with E-state index in [1.54, 1.807) is 42.7 Å². The molecule has 0 unspecified atom stereocenters. The summed E-state index contributed by atoms with van der Waals surface area (Å²) in [7, 11) is 0. The number of nitrogens with zero attached hydrogens (tertiary/aromatic N) is 6. The van der Waals surface area contributed by atoms with E-state index in [2.05, 4.69) is 36.1 Å². The number of alkyl halides is 3. The van der Waals surface area contributed by atoms with Gasteiger partial charge in [0.25, 0.3) is 11.8 Å². The average Bonchev–Trinajstić information content (AvgIpc) is 3.98. The van der Waals surface area contributed by atoms with Crippen LogP contribution in [0.3, 0.4) is 0 Å². The molecule has 8 rings (SSSR count). The Hall–Kier alpha value is -5.32. The first-order chi connectivity index (χ1) is 27.0. The summed E-state index contributed by atoms with van der Waals surface area (Å²) in [5, 5.41) is 2.98. The molecule has 1 saturated heterocycles. The van der Waals surface area contributed by atoms with Gasteiger partial charge in [0.15, 0.2) is 5.82 Å². The molecule has 0 spiro atoms. The highest BCUT2D eigenvalue weighted by molar-refractivity contribution is 9.10. The molecule has 56 heavy (non-hydrogen) atoms. The second-order valence-corrected chi connectivity index (χ2v) is 14.8. The second kappa shape index (κ2) is 15.7. The van der Waals surface area contributed by atoms with E-state index in [4.69, 9.17) is 9.47 Å². The zero-order chi connectivity index (χ0) is 39.0. The van der Waals surface area contributed by atoms with Crippen molar-refractivity contribution in [2.45, 2.75) is 50.8 Å². The van der Waals surface area contributed by atoms with E-state index in [-0.39, 0.29) is 47.2 Å². The number of aromatic nitrogens is 4. The van der Waals surface area contributed by atoms with Crippen molar-refractivity contribution in [1.82, 2.24) is 34.2 Å². The topological polar surface area (TPSA) is 124 Å². The molecule has 3 aromatic carbocycles. The normalized spacial score (nSPS) is 17.4. The van der Waals surface area contributed by atoms with Gasteiger partial charge in [-0.1, -0.05) is 40.2 Å². The third-order valence-electron chi connectivity index (χ3n) is 10.2. The lowest BCUT2D eigenvalue weighted by molar-refractivity contribution is -0.138. The fraction of sp³-hybridized carbons (Fsp3) is 0.325. The molecule has 1 aliphatic carbocycles. The Morgan fingerprint density at radius 3 is 2.41 bits per heavy atom. The summed E-state index contributed by atoms with van der Waals surface area (Å²) in [6.07, 6.45) is 0.634. The van der Waals surface area contributed by atoms with Crippen molar-refractivity contribution >= 4 is 27.7 Å². The number of carbonyl (C=O) groups is 2. The predicted molar refractivity (Wildman–Crippen MR) is 202 cm³/mol. The van der Waals surface area contributed by atoms with Gasteiger partial charge in [0.1, 0.15) is 11.4 Å². The number of carbonyl (C=O) groups excluding carboxylic acids is 2. The molecule has 1 atom stereocenters. The number of ether oxygens (including phenoxy) is 2. The summed E-state index contributed by atoms with van der Waals surface area (Å²) in [5.41, 5.74) is 0.483. The fourth-order valence-corrected chi connectivity index (χ4v) is 7.64. The molecular weight excluding hydrogens is 795 g/mol. The van der Waals surface area contributed by atoms with Crippen LogP contribution in [-0.2, 0) is 30.5 Å². The zero-order valence-corrected chi connectivity index (χ0v) is 31.6. The van der Waals surface area contributed by atoms with Crippen LogP contribution in [0.15, 0.2) is 94.5 Å². The molecule has 4 heterocycles. The molecular formula is C40H37BrF3N7O5. The predicted octanol–water partition coefficient (Wildman–Crippen LogP) is 5.71. The largest absolute Gasteiger partial charge is 0.490 e. The summed E-state index contributed by atoms with van der Waals surface area (Å²) in [6.45, 7) is 2.30. The second-order valence-electron chi connectivity index (χ2n) is 13.9. The molecule has 2 aliphatic heterocycles. The minimum atomic E-state index is -4.71. The van der Waals surface area contributed by atoms with E-state index in [0.29, 0.717) is 55.7 Å². The highest BCUT2D eigenvalue weighted by atomic mass is 79.9. The Kier molecular flexibility index (Phi) is 10.5. The molecule has 2 fully saturated rings. The molecule has 290 valence electrons. The van der Waals surface area contributed by atoms with E-state index >= 15 is 0 Å². The van der Waals surface area contributed by atoms with E-state index in [1.165, 1.54) is 26.2 Å². The monoisotopic (exact) mass is 831 g/mol. The van der Waals surface area contributed by atoms with Crippen LogP contribution in [0.2, 0.25) is 0 Å². The smallest absolute Gasteiger partial charge is 0.417 e. The minimum absolute atomic E-state index is 0.00422. The third kappa shape index (κ3) is 7.86. The number of halogens is 4. The highest BCUT2D eigenvalue weighted by Crippen LogP contribution is 2.36. The maximum Gasteiger partial charge on any atom is 0.417 e. The summed E-state index contributed by atoms with van der Waals surface area (Å²) in [6, 6.07) is 18.7. The van der Waals surface area contributed by atoms with Gasteiger partial charge in [-0.3, -0.25) is 23.6 Å². The van der Waals surface area contributed by atoms with Crippen molar-refractivity contribution < 1.29 is 32.2 Å². The van der Waals surface area contributed by atoms with Crippen LogP contribution in [0.4, 0.5) is 13.2 Å². The first kappa shape index (κ1) is 37.6. The van der Waals surface area contributed by atoms with Gasteiger partial charge in [-0.05, 0) is 66.9 Å². The van der Waals surface area contributed by atoms with E-state index in [1.807, 2.05) is 24.3 Å². The third-order valence-corrected chi connectivity index (χ3v) is 10.8. The zero-order valence-electron chi connectivity index (χ0n) is 30.0. The van der Waals surface area contributed by atoms with Gasteiger partial charge >= 0.3 is 11.9 Å². The highest BCUT2D eigenvalue weighted by Gasteiger charge is 2.39. The van der Waals surface area contributed by atoms with Crippen LogP contribution in [0.1, 0.15) is 50.5 Å². The molecule has 2 amide bonds. The molecule has 1 N–H and O–H groups in total. The van der Waals surface area contributed by atoms with Crippen molar-refractivity contribution in [3.8, 4) is 22.8 Å². The first-order valence-electron chi connectivity index (χ1n) is 18.3. The number of fused-ring (bicyclic) bond motifs is 1.